The lowest BCUT2D eigenvalue weighted by molar-refractivity contribution is -0.113. The molecule has 1 atom stereocenters. The van der Waals surface area contributed by atoms with Crippen molar-refractivity contribution in [3.63, 3.8) is 0 Å². The van der Waals surface area contributed by atoms with E-state index in [9.17, 15) is 9.59 Å². The van der Waals surface area contributed by atoms with Crippen molar-refractivity contribution in [3.8, 4) is 0 Å². The minimum Gasteiger partial charge on any atom is -0.381 e. The Morgan fingerprint density at radius 2 is 2.03 bits per heavy atom. The Hall–Kier alpha value is -3.32. The minimum atomic E-state index is -0.159. The third-order valence-corrected chi connectivity index (χ3v) is 7.45. The average molecular weight is 459 g/mol. The maximum Gasteiger partial charge on any atom is 0.272 e. The Labute approximate surface area is 199 Å². The van der Waals surface area contributed by atoms with E-state index in [2.05, 4.69) is 48.6 Å². The highest BCUT2D eigenvalue weighted by molar-refractivity contribution is 6.14. The van der Waals surface area contributed by atoms with Gasteiger partial charge in [-0.25, -0.2) is 0 Å². The van der Waals surface area contributed by atoms with Crippen LogP contribution < -0.4 is 10.2 Å². The largest absolute Gasteiger partial charge is 0.381 e. The molecule has 34 heavy (non-hydrogen) atoms. The summed E-state index contributed by atoms with van der Waals surface area (Å²) in [7, 11) is 0. The molecule has 7 heteroatoms. The van der Waals surface area contributed by atoms with Crippen molar-refractivity contribution in [1.29, 1.82) is 0 Å². The molecule has 0 saturated carbocycles. The highest BCUT2D eigenvalue weighted by atomic mass is 16.5. The molecule has 1 aromatic heterocycles. The van der Waals surface area contributed by atoms with Crippen molar-refractivity contribution < 1.29 is 14.3 Å². The lowest BCUT2D eigenvalue weighted by Gasteiger charge is -2.39. The fourth-order valence-corrected chi connectivity index (χ4v) is 5.73. The molecular formula is C27H30N4O3. The maximum absolute atomic E-state index is 13.4. The van der Waals surface area contributed by atoms with Gasteiger partial charge in [-0.3, -0.25) is 9.59 Å². The number of rotatable bonds is 3. The smallest absolute Gasteiger partial charge is 0.272 e. The van der Waals surface area contributed by atoms with Gasteiger partial charge < -0.3 is 24.4 Å². The molecule has 176 valence electrons. The third-order valence-electron chi connectivity index (χ3n) is 7.45. The lowest BCUT2D eigenvalue weighted by Crippen LogP contribution is -2.38. The van der Waals surface area contributed by atoms with Gasteiger partial charge >= 0.3 is 0 Å². The first-order chi connectivity index (χ1) is 16.4. The Bertz CT molecular complexity index is 1230. The van der Waals surface area contributed by atoms with Gasteiger partial charge in [0, 0.05) is 48.8 Å². The van der Waals surface area contributed by atoms with E-state index in [4.69, 9.17) is 4.74 Å². The number of aromatic nitrogens is 1. The number of fused-ring (bicyclic) bond motifs is 5. The van der Waals surface area contributed by atoms with Crippen LogP contribution in [0.25, 0.3) is 0 Å². The van der Waals surface area contributed by atoms with Crippen LogP contribution in [0.4, 0.5) is 11.4 Å². The second-order valence-corrected chi connectivity index (χ2v) is 10.0. The van der Waals surface area contributed by atoms with Crippen LogP contribution in [-0.4, -0.2) is 34.5 Å². The number of carbonyl (C=O) groups is 2. The number of allylic oxidation sites excluding steroid dienone is 2. The van der Waals surface area contributed by atoms with Gasteiger partial charge in [0.2, 0.25) is 0 Å². The molecule has 6 rings (SSSR count). The second kappa shape index (κ2) is 7.87. The van der Waals surface area contributed by atoms with E-state index in [1.54, 1.807) is 0 Å². The molecular weight excluding hydrogens is 428 g/mol. The van der Waals surface area contributed by atoms with E-state index in [0.717, 1.165) is 42.0 Å². The Morgan fingerprint density at radius 1 is 1.24 bits per heavy atom. The van der Waals surface area contributed by atoms with Crippen LogP contribution >= 0.6 is 0 Å². The van der Waals surface area contributed by atoms with Crippen LogP contribution in [0.2, 0.25) is 0 Å². The van der Waals surface area contributed by atoms with E-state index in [0.29, 0.717) is 36.7 Å². The number of nitrogens with zero attached hydrogens (tertiary/aromatic N) is 3. The third kappa shape index (κ3) is 3.21. The van der Waals surface area contributed by atoms with Crippen molar-refractivity contribution >= 4 is 23.2 Å². The lowest BCUT2D eigenvalue weighted by atomic mass is 9.93. The molecule has 4 aliphatic rings. The van der Waals surface area contributed by atoms with Crippen LogP contribution in [0.15, 0.2) is 54.5 Å². The molecule has 2 aromatic rings. The van der Waals surface area contributed by atoms with E-state index in [-0.39, 0.29) is 29.7 Å². The summed E-state index contributed by atoms with van der Waals surface area (Å²) in [5, 5.41) is 3.06. The predicted octanol–water partition coefficient (Wildman–Crippen LogP) is 4.44. The minimum absolute atomic E-state index is 0.0129. The summed E-state index contributed by atoms with van der Waals surface area (Å²) in [6.45, 7) is 11.4. The quantitative estimate of drug-likeness (QED) is 0.691. The van der Waals surface area contributed by atoms with E-state index in [1.165, 1.54) is 0 Å². The van der Waals surface area contributed by atoms with Crippen LogP contribution in [-0.2, 0) is 22.6 Å². The van der Waals surface area contributed by atoms with Crippen molar-refractivity contribution in [2.24, 2.45) is 11.8 Å². The number of hydrogen-bond donors (Lipinski definition) is 1. The fourth-order valence-electron chi connectivity index (χ4n) is 5.73. The van der Waals surface area contributed by atoms with Gasteiger partial charge in [-0.1, -0.05) is 26.5 Å². The molecule has 0 radical (unpaired) electrons. The number of benzene rings is 1. The van der Waals surface area contributed by atoms with Gasteiger partial charge in [0.05, 0.1) is 24.0 Å². The highest BCUT2D eigenvalue weighted by Gasteiger charge is 2.42. The Balaban J connectivity index is 1.47. The summed E-state index contributed by atoms with van der Waals surface area (Å²) in [5.41, 5.74) is 5.95. The Kier molecular flexibility index (Phi) is 4.92. The molecule has 0 spiro atoms. The van der Waals surface area contributed by atoms with E-state index >= 15 is 0 Å². The summed E-state index contributed by atoms with van der Waals surface area (Å²) in [6, 6.07) is 8.07. The number of hydrogen-bond acceptors (Lipinski definition) is 4. The molecule has 1 fully saturated rings. The molecule has 7 nitrogen and oxygen atoms in total. The molecule has 2 amide bonds. The standard InChI is InChI=1S/C27H30N4O3/c1-16(2)11-24-26(32)28-22-12-21-20(13-23(22)31(24)17(3)18-6-9-34-10-7-18)25-15-29-8-4-5-19(29)14-30(25)27(21)33/h4-5,8,11-13,16,18,25H,3,6-7,9-10,14-15H2,1-2H3,(H,28,32)/b24-11-. The van der Waals surface area contributed by atoms with Gasteiger partial charge in [0.15, 0.2) is 0 Å². The number of carbonyl (C=O) groups excluding carboxylic acids is 2. The molecule has 1 saturated heterocycles. The van der Waals surface area contributed by atoms with Crippen molar-refractivity contribution in [1.82, 2.24) is 9.47 Å². The summed E-state index contributed by atoms with van der Waals surface area (Å²) in [4.78, 5) is 30.6. The summed E-state index contributed by atoms with van der Waals surface area (Å²) in [5.74, 6) is 0.312. The summed E-state index contributed by atoms with van der Waals surface area (Å²) >= 11 is 0. The SMILES string of the molecule is C=C(C1CCOCC1)N1/C(=C\C(C)C)C(=O)Nc2cc3c(cc21)C1Cn2cccc2CN1C3=O. The van der Waals surface area contributed by atoms with Gasteiger partial charge in [0.25, 0.3) is 11.8 Å². The van der Waals surface area contributed by atoms with Crippen molar-refractivity contribution in [2.45, 2.75) is 45.8 Å². The van der Waals surface area contributed by atoms with E-state index < -0.39 is 0 Å². The summed E-state index contributed by atoms with van der Waals surface area (Å²) < 4.78 is 7.80. The molecule has 1 N–H and O–H groups in total. The number of nitrogens with one attached hydrogen (secondary N) is 1. The van der Waals surface area contributed by atoms with Gasteiger partial charge in [-0.15, -0.1) is 0 Å². The van der Waals surface area contributed by atoms with Crippen molar-refractivity contribution in [3.05, 3.63) is 71.3 Å². The van der Waals surface area contributed by atoms with Crippen LogP contribution in [0.5, 0.6) is 0 Å². The molecule has 0 bridgehead atoms. The first-order valence-corrected chi connectivity index (χ1v) is 12.1. The maximum atomic E-state index is 13.4. The Morgan fingerprint density at radius 3 is 2.79 bits per heavy atom. The molecule has 4 aliphatic heterocycles. The molecule has 1 unspecified atom stereocenters. The van der Waals surface area contributed by atoms with Crippen LogP contribution in [0.3, 0.4) is 0 Å². The van der Waals surface area contributed by atoms with Crippen LogP contribution in [0.1, 0.15) is 54.3 Å². The monoisotopic (exact) mass is 458 g/mol. The van der Waals surface area contributed by atoms with Crippen molar-refractivity contribution in [2.75, 3.05) is 23.4 Å². The first-order valence-electron chi connectivity index (χ1n) is 12.1. The molecule has 0 aliphatic carbocycles. The van der Waals surface area contributed by atoms with Gasteiger partial charge in [0.1, 0.15) is 5.70 Å². The van der Waals surface area contributed by atoms with E-state index in [1.807, 2.05) is 28.0 Å². The zero-order valence-electron chi connectivity index (χ0n) is 19.7. The average Bonchev–Trinajstić information content (AvgIpc) is 3.39. The zero-order chi connectivity index (χ0) is 23.6. The summed E-state index contributed by atoms with van der Waals surface area (Å²) in [6.07, 6.45) is 5.85. The highest BCUT2D eigenvalue weighted by Crippen LogP contribution is 2.47. The molecule has 5 heterocycles. The normalized spacial score (nSPS) is 23.0. The van der Waals surface area contributed by atoms with Gasteiger partial charge in [-0.2, -0.15) is 0 Å². The van der Waals surface area contributed by atoms with Crippen LogP contribution in [0, 0.1) is 11.8 Å². The molecule has 1 aromatic carbocycles. The first kappa shape index (κ1) is 21.2. The number of anilines is 2. The topological polar surface area (TPSA) is 66.8 Å². The number of amides is 2. The number of ether oxygens (including phenoxy) is 1. The second-order valence-electron chi connectivity index (χ2n) is 10.0. The zero-order valence-corrected chi connectivity index (χ0v) is 19.7. The fraction of sp³-hybridized carbons (Fsp3) is 0.407. The van der Waals surface area contributed by atoms with Gasteiger partial charge in [-0.05, 0) is 48.6 Å². The predicted molar refractivity (Wildman–Crippen MR) is 130 cm³/mol.